The quantitative estimate of drug-likeness (QED) is 0.870. The van der Waals surface area contributed by atoms with Gasteiger partial charge in [0, 0.05) is 19.1 Å². The maximum Gasteiger partial charge on any atom is 0.407 e. The van der Waals surface area contributed by atoms with Crippen LogP contribution in [0.5, 0.6) is 0 Å². The summed E-state index contributed by atoms with van der Waals surface area (Å²) in [5.41, 5.74) is 7.93. The second-order valence-corrected chi connectivity index (χ2v) is 5.02. The number of nitrogens with two attached hydrogens (primary N) is 1. The van der Waals surface area contributed by atoms with Crippen molar-refractivity contribution in [3.05, 3.63) is 24.0 Å². The molecule has 0 aliphatic carbocycles. The summed E-state index contributed by atoms with van der Waals surface area (Å²) in [6.07, 6.45) is 3.26. The van der Waals surface area contributed by atoms with Gasteiger partial charge in [-0.3, -0.25) is 4.98 Å². The van der Waals surface area contributed by atoms with E-state index in [0.29, 0.717) is 0 Å². The van der Waals surface area contributed by atoms with E-state index >= 15 is 0 Å². The maximum atomic E-state index is 11.2. The van der Waals surface area contributed by atoms with Crippen LogP contribution in [0.1, 0.15) is 31.5 Å². The summed E-state index contributed by atoms with van der Waals surface area (Å²) >= 11 is 0. The Bertz CT molecular complexity index is 449. The Hall–Kier alpha value is -1.82. The molecule has 0 radical (unpaired) electrons. The highest BCUT2D eigenvalue weighted by Crippen LogP contribution is 2.21. The minimum atomic E-state index is -0.376. The van der Waals surface area contributed by atoms with Crippen molar-refractivity contribution in [2.45, 2.75) is 31.8 Å². The van der Waals surface area contributed by atoms with E-state index < -0.39 is 0 Å². The molecule has 1 aromatic rings. The van der Waals surface area contributed by atoms with E-state index in [1.165, 1.54) is 7.11 Å². The molecule has 2 unspecified atom stereocenters. The number of methoxy groups -OCH3 is 1. The van der Waals surface area contributed by atoms with Crippen LogP contribution in [0.4, 0.5) is 10.5 Å². The number of hydrogen-bond acceptors (Lipinski definition) is 5. The lowest BCUT2D eigenvalue weighted by molar-refractivity contribution is 0.167. The van der Waals surface area contributed by atoms with Gasteiger partial charge in [0.05, 0.1) is 30.7 Å². The van der Waals surface area contributed by atoms with Crippen molar-refractivity contribution in [2.24, 2.45) is 5.73 Å². The summed E-state index contributed by atoms with van der Waals surface area (Å²) in [6, 6.07) is 4.14. The highest BCUT2D eigenvalue weighted by atomic mass is 16.5. The minimum absolute atomic E-state index is 0.00336. The van der Waals surface area contributed by atoms with E-state index in [9.17, 15) is 4.79 Å². The van der Waals surface area contributed by atoms with E-state index in [2.05, 4.69) is 19.9 Å². The molecule has 1 aliphatic heterocycles. The fourth-order valence-electron chi connectivity index (χ4n) is 2.35. The molecular weight excluding hydrogens is 256 g/mol. The normalized spacial score (nSPS) is 19.8. The number of nitrogens with zero attached hydrogens (tertiary/aromatic N) is 2. The van der Waals surface area contributed by atoms with Crippen molar-refractivity contribution in [1.82, 2.24) is 10.3 Å². The molecule has 2 heterocycles. The van der Waals surface area contributed by atoms with Gasteiger partial charge in [-0.05, 0) is 25.0 Å². The van der Waals surface area contributed by atoms with Gasteiger partial charge < -0.3 is 20.7 Å². The molecule has 1 amide bonds. The van der Waals surface area contributed by atoms with Crippen LogP contribution in [-0.4, -0.2) is 37.3 Å². The second-order valence-electron chi connectivity index (χ2n) is 5.02. The molecule has 1 fully saturated rings. The fourth-order valence-corrected chi connectivity index (χ4v) is 2.35. The third-order valence-electron chi connectivity index (χ3n) is 3.65. The number of anilines is 1. The lowest BCUT2D eigenvalue weighted by Crippen LogP contribution is -2.36. The number of pyridine rings is 1. The van der Waals surface area contributed by atoms with Crippen molar-refractivity contribution >= 4 is 11.8 Å². The summed E-state index contributed by atoms with van der Waals surface area (Å²) in [5, 5.41) is 2.82. The number of nitrogens with one attached hydrogen (secondary N) is 1. The molecule has 6 heteroatoms. The average Bonchev–Trinajstić information content (AvgIpc) is 2.95. The van der Waals surface area contributed by atoms with E-state index in [4.69, 9.17) is 5.73 Å². The Labute approximate surface area is 119 Å². The number of rotatable bonds is 4. The molecule has 3 N–H and O–H groups in total. The Kier molecular flexibility index (Phi) is 4.79. The second kappa shape index (κ2) is 6.56. The van der Waals surface area contributed by atoms with Crippen LogP contribution in [0.2, 0.25) is 0 Å². The molecule has 6 nitrogen and oxygen atoms in total. The number of alkyl carbamates (subject to hydrolysis) is 1. The Balaban J connectivity index is 1.94. The van der Waals surface area contributed by atoms with Crippen molar-refractivity contribution in [3.63, 3.8) is 0 Å². The van der Waals surface area contributed by atoms with Crippen molar-refractivity contribution < 1.29 is 9.53 Å². The molecule has 1 aromatic heterocycles. The summed E-state index contributed by atoms with van der Waals surface area (Å²) in [6.45, 7) is 3.72. The first kappa shape index (κ1) is 14.6. The molecule has 1 saturated heterocycles. The van der Waals surface area contributed by atoms with Gasteiger partial charge in [-0.25, -0.2) is 4.79 Å². The van der Waals surface area contributed by atoms with Gasteiger partial charge in [0.25, 0.3) is 0 Å². The smallest absolute Gasteiger partial charge is 0.407 e. The average molecular weight is 278 g/mol. The summed E-state index contributed by atoms with van der Waals surface area (Å²) < 4.78 is 4.61. The lowest BCUT2D eigenvalue weighted by atomic mass is 10.1. The lowest BCUT2D eigenvalue weighted by Gasteiger charge is -2.19. The van der Waals surface area contributed by atoms with Crippen LogP contribution < -0.4 is 16.0 Å². The van der Waals surface area contributed by atoms with Gasteiger partial charge in [0.2, 0.25) is 0 Å². The standard InChI is InChI=1S/C14H22N4O2/c1-3-12(15)13-5-4-11(8-16-13)18-7-6-10(9-18)17-14(19)20-2/h4-5,8,10,12H,3,6-7,9,15H2,1-2H3,(H,17,19). The van der Waals surface area contributed by atoms with Crippen LogP contribution in [0, 0.1) is 0 Å². The van der Waals surface area contributed by atoms with Gasteiger partial charge in [0.15, 0.2) is 0 Å². The SMILES string of the molecule is CCC(N)c1ccc(N2CCC(NC(=O)OC)C2)cn1. The zero-order valence-electron chi connectivity index (χ0n) is 12.0. The topological polar surface area (TPSA) is 80.5 Å². The first-order valence-corrected chi connectivity index (χ1v) is 6.95. The first-order chi connectivity index (χ1) is 9.63. The first-order valence-electron chi connectivity index (χ1n) is 6.95. The van der Waals surface area contributed by atoms with Crippen molar-refractivity contribution in [1.29, 1.82) is 0 Å². The third kappa shape index (κ3) is 3.39. The zero-order chi connectivity index (χ0) is 14.5. The Morgan fingerprint density at radius 2 is 2.45 bits per heavy atom. The zero-order valence-corrected chi connectivity index (χ0v) is 12.0. The Morgan fingerprint density at radius 1 is 1.65 bits per heavy atom. The Morgan fingerprint density at radius 3 is 3.05 bits per heavy atom. The van der Waals surface area contributed by atoms with E-state index in [1.54, 1.807) is 0 Å². The number of hydrogen-bond donors (Lipinski definition) is 2. The predicted molar refractivity (Wildman–Crippen MR) is 77.6 cm³/mol. The predicted octanol–water partition coefficient (Wildman–Crippen LogP) is 1.43. The summed E-state index contributed by atoms with van der Waals surface area (Å²) in [7, 11) is 1.38. The summed E-state index contributed by atoms with van der Waals surface area (Å²) in [5.74, 6) is 0. The molecule has 1 aliphatic rings. The molecule has 0 spiro atoms. The summed E-state index contributed by atoms with van der Waals surface area (Å²) in [4.78, 5) is 17.8. The highest BCUT2D eigenvalue weighted by molar-refractivity contribution is 5.67. The van der Waals surface area contributed by atoms with Gasteiger partial charge in [-0.15, -0.1) is 0 Å². The molecule has 0 bridgehead atoms. The number of ether oxygens (including phenoxy) is 1. The molecule has 0 saturated carbocycles. The van der Waals surface area contributed by atoms with Crippen LogP contribution in [-0.2, 0) is 4.74 Å². The molecular formula is C14H22N4O2. The number of carbonyl (C=O) groups is 1. The van der Waals surface area contributed by atoms with Gasteiger partial charge in [-0.1, -0.05) is 6.92 Å². The van der Waals surface area contributed by atoms with Gasteiger partial charge in [0.1, 0.15) is 0 Å². The number of aromatic nitrogens is 1. The molecule has 2 rings (SSSR count). The van der Waals surface area contributed by atoms with Gasteiger partial charge in [-0.2, -0.15) is 0 Å². The third-order valence-corrected chi connectivity index (χ3v) is 3.65. The molecule has 2 atom stereocenters. The van der Waals surface area contributed by atoms with E-state index in [0.717, 1.165) is 37.3 Å². The van der Waals surface area contributed by atoms with Crippen LogP contribution in [0.25, 0.3) is 0 Å². The van der Waals surface area contributed by atoms with Crippen LogP contribution in [0.15, 0.2) is 18.3 Å². The van der Waals surface area contributed by atoms with Crippen LogP contribution >= 0.6 is 0 Å². The molecule has 0 aromatic carbocycles. The number of carbonyl (C=O) groups excluding carboxylic acids is 1. The van der Waals surface area contributed by atoms with Crippen molar-refractivity contribution in [3.8, 4) is 0 Å². The number of amides is 1. The monoisotopic (exact) mass is 278 g/mol. The van der Waals surface area contributed by atoms with Gasteiger partial charge >= 0.3 is 6.09 Å². The maximum absolute atomic E-state index is 11.2. The van der Waals surface area contributed by atoms with Crippen molar-refractivity contribution in [2.75, 3.05) is 25.1 Å². The minimum Gasteiger partial charge on any atom is -0.453 e. The van der Waals surface area contributed by atoms with E-state index in [1.807, 2.05) is 25.3 Å². The fraction of sp³-hybridized carbons (Fsp3) is 0.571. The highest BCUT2D eigenvalue weighted by Gasteiger charge is 2.24. The molecule has 110 valence electrons. The largest absolute Gasteiger partial charge is 0.453 e. The van der Waals surface area contributed by atoms with E-state index in [-0.39, 0.29) is 18.2 Å². The molecule has 20 heavy (non-hydrogen) atoms. The van der Waals surface area contributed by atoms with Crippen LogP contribution in [0.3, 0.4) is 0 Å².